The second-order valence-corrected chi connectivity index (χ2v) is 31.6. The SMILES string of the molecule is CNC(=O)c1cc(OCCCCc2cn(C)nn2)c(CCCNC(=O)c2cc(OCCCCc3cn(C)nn3)c(CCCNC(=O)c3cc(OCCCCc4cn(C)nn4)c(CCCNC(=O)CCCCCCC(=O)C4C#CCCCCC4)c(OCCCCc4cn(C)nn4)c3)c(OCCCCc3cn(C)nn3)c2)c(OCCCCc2cn(C)nn2)c1. The van der Waals surface area contributed by atoms with Crippen LogP contribution in [0.1, 0.15) is 249 Å². The Kier molecular flexibility index (Phi) is 38.9. The number of nitrogens with zero attached hydrogens (tertiary/aromatic N) is 18. The van der Waals surface area contributed by atoms with Gasteiger partial charge in [-0.2, -0.15) is 0 Å². The number of benzene rings is 3. The van der Waals surface area contributed by atoms with Crippen molar-refractivity contribution in [1.82, 2.24) is 111 Å². The molecule has 4 N–H and O–H groups in total. The molecule has 0 saturated carbocycles. The predicted molar refractivity (Wildman–Crippen MR) is 459 cm³/mol. The van der Waals surface area contributed by atoms with E-state index in [0.29, 0.717) is 187 Å². The molecule has 0 aliphatic heterocycles. The van der Waals surface area contributed by atoms with Crippen LogP contribution in [-0.4, -0.2) is 186 Å². The van der Waals surface area contributed by atoms with Gasteiger partial charge in [-0.3, -0.25) is 52.1 Å². The predicted octanol–water partition coefficient (Wildman–Crippen LogP) is 10.5. The highest BCUT2D eigenvalue weighted by molar-refractivity contribution is 5.96. The highest BCUT2D eigenvalue weighted by Crippen LogP contribution is 2.37. The summed E-state index contributed by atoms with van der Waals surface area (Å²) in [4.78, 5) is 69.2. The standard InChI is InChI=1S/C89H126N22O11/c1-90-87(114)67-54-80(117-48-23-17-34-70-60-106(2)100-94-70)77(81(55-67)118-49-24-18-35-71-61-107(3)101-95-71)41-30-46-92-89(116)69-58-84(121-52-27-21-38-74-64-110(6)104-98-74)78(85(59-69)122-53-28-22-39-75-65-111(7)105-99-75)42-31-47-93-88(115)68-56-82(119-50-25-19-36-72-62-108(4)102-96-72)76(83(57-68)120-51-26-20-37-73-63-109(5)103-97-73)40-29-45-91-86(113)44-16-12-11-15-43-79(112)66-32-13-9-8-10-14-33-66/h54-66H,8-13,15-32,34-53H2,1-7H3,(H,90,114)(H,91,113)(H,92,116)(H,93,115). The summed E-state index contributed by atoms with van der Waals surface area (Å²) < 4.78 is 50.2. The summed E-state index contributed by atoms with van der Waals surface area (Å²) in [5, 5.41) is 62.5. The Morgan fingerprint density at radius 1 is 0.344 bits per heavy atom. The molecule has 0 fully saturated rings. The van der Waals surface area contributed by atoms with E-state index in [1.165, 1.54) is 0 Å². The number of carbonyl (C=O) groups is 5. The van der Waals surface area contributed by atoms with E-state index < -0.39 is 0 Å². The van der Waals surface area contributed by atoms with Crippen LogP contribution in [0.2, 0.25) is 0 Å². The molecule has 0 bridgehead atoms. The first-order valence-corrected chi connectivity index (χ1v) is 43.9. The van der Waals surface area contributed by atoms with Crippen LogP contribution in [0.3, 0.4) is 0 Å². The van der Waals surface area contributed by atoms with Gasteiger partial charge in [0.05, 0.1) is 79.7 Å². The first-order chi connectivity index (χ1) is 59.5. The first kappa shape index (κ1) is 92.7. The molecule has 0 spiro atoms. The molecule has 4 amide bonds. The number of hydrogen-bond acceptors (Lipinski definition) is 23. The summed E-state index contributed by atoms with van der Waals surface area (Å²) in [5.74, 6) is 8.67. The highest BCUT2D eigenvalue weighted by atomic mass is 16.5. The number of aryl methyl sites for hydroxylation is 12. The topological polar surface area (TPSA) is 373 Å². The van der Waals surface area contributed by atoms with Crippen LogP contribution >= 0.6 is 0 Å². The lowest BCUT2D eigenvalue weighted by Crippen LogP contribution is -2.26. The van der Waals surface area contributed by atoms with Crippen LogP contribution in [0.25, 0.3) is 0 Å². The zero-order valence-corrected chi connectivity index (χ0v) is 72.7. The van der Waals surface area contributed by atoms with Gasteiger partial charge < -0.3 is 49.7 Å². The van der Waals surface area contributed by atoms with Crippen molar-refractivity contribution in [1.29, 1.82) is 0 Å². The molecule has 9 aromatic rings. The molecule has 0 radical (unpaired) electrons. The van der Waals surface area contributed by atoms with Crippen molar-refractivity contribution in [3.8, 4) is 46.3 Å². The second-order valence-electron chi connectivity index (χ2n) is 31.6. The molecule has 6 aromatic heterocycles. The molecular formula is C89H126N22O11. The molecular weight excluding hydrogens is 1550 g/mol. The quantitative estimate of drug-likeness (QED) is 0.0203. The second kappa shape index (κ2) is 51.2. The van der Waals surface area contributed by atoms with Crippen LogP contribution in [0.4, 0.5) is 0 Å². The Balaban J connectivity index is 0.844. The smallest absolute Gasteiger partial charge is 0.251 e. The largest absolute Gasteiger partial charge is 0.493 e. The zero-order chi connectivity index (χ0) is 85.9. The fraction of sp³-hybridized carbons (Fsp3) is 0.584. The lowest BCUT2D eigenvalue weighted by Gasteiger charge is -2.20. The highest BCUT2D eigenvalue weighted by Gasteiger charge is 2.24. The molecule has 6 heterocycles. The van der Waals surface area contributed by atoms with Crippen molar-refractivity contribution in [3.05, 3.63) is 141 Å². The molecule has 658 valence electrons. The minimum atomic E-state index is -0.332. The van der Waals surface area contributed by atoms with E-state index >= 15 is 0 Å². The number of unbranched alkanes of at least 4 members (excludes halogenated alkanes) is 9. The third-order valence-electron chi connectivity index (χ3n) is 21.2. The van der Waals surface area contributed by atoms with E-state index in [4.69, 9.17) is 28.4 Å². The van der Waals surface area contributed by atoms with Gasteiger partial charge in [0.1, 0.15) is 40.3 Å². The van der Waals surface area contributed by atoms with Crippen molar-refractivity contribution >= 4 is 29.4 Å². The molecule has 33 nitrogen and oxygen atoms in total. The van der Waals surface area contributed by atoms with Gasteiger partial charge in [-0.15, -0.1) is 36.5 Å². The Bertz CT molecular complexity index is 4560. The monoisotopic (exact) mass is 1680 g/mol. The summed E-state index contributed by atoms with van der Waals surface area (Å²) in [6.07, 6.45) is 36.9. The van der Waals surface area contributed by atoms with E-state index in [1.54, 1.807) is 71.5 Å². The Labute approximate surface area is 716 Å². The number of ketones is 1. The number of Topliss-reactive ketones (excluding diaryl/α,β-unsaturated/α-hetero) is 1. The fourth-order valence-corrected chi connectivity index (χ4v) is 14.6. The van der Waals surface area contributed by atoms with Crippen LogP contribution in [-0.2, 0) is 110 Å². The van der Waals surface area contributed by atoms with Crippen molar-refractivity contribution in [2.75, 3.05) is 66.3 Å². The number of aromatic nitrogens is 18. The van der Waals surface area contributed by atoms with E-state index in [2.05, 4.69) is 95.0 Å². The lowest BCUT2D eigenvalue weighted by molar-refractivity contribution is -0.122. The molecule has 10 rings (SSSR count). The van der Waals surface area contributed by atoms with E-state index in [9.17, 15) is 24.0 Å². The van der Waals surface area contributed by atoms with Crippen molar-refractivity contribution in [2.45, 2.75) is 225 Å². The van der Waals surface area contributed by atoms with Gasteiger partial charge in [-0.1, -0.05) is 62.9 Å². The molecule has 1 aliphatic rings. The Hall–Kier alpha value is -11.6. The third-order valence-corrected chi connectivity index (χ3v) is 21.2. The number of ether oxygens (including phenoxy) is 6. The molecule has 1 aliphatic carbocycles. The third kappa shape index (κ3) is 32.4. The molecule has 1 atom stereocenters. The van der Waals surface area contributed by atoms with E-state index in [-0.39, 0.29) is 48.4 Å². The molecule has 33 heteroatoms. The summed E-state index contributed by atoms with van der Waals surface area (Å²) in [7, 11) is 12.7. The fourth-order valence-electron chi connectivity index (χ4n) is 14.6. The molecule has 3 aromatic carbocycles. The van der Waals surface area contributed by atoms with Crippen molar-refractivity contribution in [2.24, 2.45) is 48.2 Å². The molecule has 1 unspecified atom stereocenters. The number of rotatable bonds is 59. The normalized spacial score (nSPS) is 12.6. The summed E-state index contributed by atoms with van der Waals surface area (Å²) in [6.45, 7) is 3.10. The average molecular weight is 1680 g/mol. The summed E-state index contributed by atoms with van der Waals surface area (Å²) in [6, 6.07) is 10.7. The van der Waals surface area contributed by atoms with E-state index in [0.717, 1.165) is 186 Å². The van der Waals surface area contributed by atoms with Gasteiger partial charge in [0.15, 0.2) is 0 Å². The number of hydrogen-bond donors (Lipinski definition) is 4. The minimum Gasteiger partial charge on any atom is -0.493 e. The lowest BCUT2D eigenvalue weighted by atomic mass is 9.92. The number of carbonyl (C=O) groups excluding carboxylic acids is 5. The maximum atomic E-state index is 14.8. The maximum Gasteiger partial charge on any atom is 0.251 e. The van der Waals surface area contributed by atoms with Crippen molar-refractivity contribution in [3.63, 3.8) is 0 Å². The Morgan fingerprint density at radius 3 is 0.934 bits per heavy atom. The van der Waals surface area contributed by atoms with Crippen molar-refractivity contribution < 1.29 is 52.4 Å². The van der Waals surface area contributed by atoms with Gasteiger partial charge in [0.25, 0.3) is 17.7 Å². The average Bonchev–Trinajstić information content (AvgIpc) is 0.971. The van der Waals surface area contributed by atoms with Gasteiger partial charge in [-0.05, 0) is 216 Å². The van der Waals surface area contributed by atoms with Gasteiger partial charge in [0, 0.05) is 159 Å². The summed E-state index contributed by atoms with van der Waals surface area (Å²) in [5.41, 5.74) is 8.78. The first-order valence-electron chi connectivity index (χ1n) is 43.9. The molecule has 122 heavy (non-hydrogen) atoms. The van der Waals surface area contributed by atoms with E-state index in [1.807, 2.05) is 79.5 Å². The minimum absolute atomic E-state index is 0.0206. The Morgan fingerprint density at radius 2 is 0.639 bits per heavy atom. The van der Waals surface area contributed by atoms with Crippen LogP contribution in [0.5, 0.6) is 34.5 Å². The zero-order valence-electron chi connectivity index (χ0n) is 72.7. The number of amides is 4. The maximum absolute atomic E-state index is 14.8. The van der Waals surface area contributed by atoms with Gasteiger partial charge in [0.2, 0.25) is 5.91 Å². The van der Waals surface area contributed by atoms with Gasteiger partial charge >= 0.3 is 0 Å². The van der Waals surface area contributed by atoms with Crippen LogP contribution < -0.4 is 49.7 Å². The van der Waals surface area contributed by atoms with Crippen LogP contribution in [0.15, 0.2) is 73.6 Å². The van der Waals surface area contributed by atoms with Gasteiger partial charge in [-0.25, -0.2) is 0 Å². The van der Waals surface area contributed by atoms with Crippen LogP contribution in [0, 0.1) is 17.8 Å². The number of nitrogens with one attached hydrogen (secondary N) is 4. The molecule has 0 saturated heterocycles. The summed E-state index contributed by atoms with van der Waals surface area (Å²) >= 11 is 0.